The molecule has 1 aliphatic rings. The molecule has 72 valence electrons. The van der Waals surface area contributed by atoms with Crippen LogP contribution in [0.1, 0.15) is 31.4 Å². The maximum atomic E-state index is 4.20. The van der Waals surface area contributed by atoms with Crippen molar-refractivity contribution in [1.82, 2.24) is 14.9 Å². The van der Waals surface area contributed by atoms with Gasteiger partial charge in [0.15, 0.2) is 0 Å². The van der Waals surface area contributed by atoms with Crippen LogP contribution in [0.3, 0.4) is 0 Å². The van der Waals surface area contributed by atoms with Gasteiger partial charge in [0.2, 0.25) is 0 Å². The second kappa shape index (κ2) is 3.92. The average Bonchev–Trinajstić information content (AvgIpc) is 2.62. The summed E-state index contributed by atoms with van der Waals surface area (Å²) in [5, 5.41) is 3.41. The molecule has 1 aromatic heterocycles. The maximum Gasteiger partial charge on any atom is 0.0948 e. The largest absolute Gasteiger partial charge is 0.334 e. The second-order valence-electron chi connectivity index (χ2n) is 3.66. The van der Waals surface area contributed by atoms with Gasteiger partial charge in [-0.15, -0.1) is 0 Å². The van der Waals surface area contributed by atoms with E-state index < -0.39 is 0 Å². The van der Waals surface area contributed by atoms with Crippen molar-refractivity contribution < 1.29 is 0 Å². The number of hydrogen-bond donors (Lipinski definition) is 1. The summed E-state index contributed by atoms with van der Waals surface area (Å²) in [7, 11) is 0. The fourth-order valence-electron chi connectivity index (χ4n) is 2.04. The van der Waals surface area contributed by atoms with Gasteiger partial charge >= 0.3 is 0 Å². The summed E-state index contributed by atoms with van der Waals surface area (Å²) in [5.41, 5.74) is 1.41. The minimum Gasteiger partial charge on any atom is -0.334 e. The monoisotopic (exact) mass is 179 g/mol. The van der Waals surface area contributed by atoms with Crippen LogP contribution in [0.25, 0.3) is 0 Å². The number of aryl methyl sites for hydroxylation is 1. The van der Waals surface area contributed by atoms with Crippen molar-refractivity contribution in [1.29, 1.82) is 0 Å². The van der Waals surface area contributed by atoms with Crippen molar-refractivity contribution >= 4 is 0 Å². The molecule has 1 atom stereocenters. The van der Waals surface area contributed by atoms with Gasteiger partial charge in [0, 0.05) is 30.9 Å². The zero-order chi connectivity index (χ0) is 9.10. The van der Waals surface area contributed by atoms with Gasteiger partial charge < -0.3 is 9.88 Å². The third kappa shape index (κ3) is 1.75. The number of rotatable bonds is 3. The minimum atomic E-state index is 0.677. The van der Waals surface area contributed by atoms with Crippen molar-refractivity contribution in [3.8, 4) is 0 Å². The Balaban J connectivity index is 2.07. The van der Waals surface area contributed by atoms with E-state index >= 15 is 0 Å². The molecule has 0 aliphatic carbocycles. The van der Waals surface area contributed by atoms with Crippen LogP contribution in [-0.4, -0.2) is 22.6 Å². The van der Waals surface area contributed by atoms with E-state index in [0.29, 0.717) is 5.92 Å². The summed E-state index contributed by atoms with van der Waals surface area (Å²) in [6, 6.07) is 0. The summed E-state index contributed by atoms with van der Waals surface area (Å²) in [6.07, 6.45) is 6.56. The van der Waals surface area contributed by atoms with Gasteiger partial charge in [-0.05, 0) is 19.4 Å². The first-order valence-electron chi connectivity index (χ1n) is 5.12. The number of aromatic nitrogens is 2. The van der Waals surface area contributed by atoms with Gasteiger partial charge in [-0.2, -0.15) is 0 Å². The normalized spacial score (nSPS) is 21.5. The number of fused-ring (bicyclic) bond motifs is 1. The molecule has 1 aliphatic heterocycles. The molecule has 1 N–H and O–H groups in total. The molecular formula is C10H17N3. The van der Waals surface area contributed by atoms with E-state index in [2.05, 4.69) is 21.8 Å². The molecule has 0 bridgehead atoms. The van der Waals surface area contributed by atoms with Gasteiger partial charge in [0.1, 0.15) is 0 Å². The van der Waals surface area contributed by atoms with Crippen LogP contribution in [0.4, 0.5) is 0 Å². The van der Waals surface area contributed by atoms with E-state index in [1.807, 2.05) is 12.5 Å². The van der Waals surface area contributed by atoms with Crippen molar-refractivity contribution in [3.05, 3.63) is 18.2 Å². The molecule has 0 saturated heterocycles. The number of nitrogens with zero attached hydrogens (tertiary/aromatic N) is 2. The summed E-state index contributed by atoms with van der Waals surface area (Å²) in [4.78, 5) is 4.20. The fraction of sp³-hybridized carbons (Fsp3) is 0.700. The van der Waals surface area contributed by atoms with E-state index in [9.17, 15) is 0 Å². The van der Waals surface area contributed by atoms with Crippen LogP contribution < -0.4 is 5.32 Å². The second-order valence-corrected chi connectivity index (χ2v) is 3.66. The quantitative estimate of drug-likeness (QED) is 0.759. The van der Waals surface area contributed by atoms with Gasteiger partial charge in [0.05, 0.1) is 6.33 Å². The highest BCUT2D eigenvalue weighted by Crippen LogP contribution is 2.25. The smallest absolute Gasteiger partial charge is 0.0948 e. The van der Waals surface area contributed by atoms with E-state index in [-0.39, 0.29) is 0 Å². The SMILES string of the molecule is CCNCC1CCCn2cncc21. The topological polar surface area (TPSA) is 29.9 Å². The maximum absolute atomic E-state index is 4.20. The lowest BCUT2D eigenvalue weighted by molar-refractivity contribution is 0.437. The Bertz CT molecular complexity index is 267. The Hall–Kier alpha value is -0.830. The summed E-state index contributed by atoms with van der Waals surface area (Å²) in [5.74, 6) is 0.677. The molecule has 3 nitrogen and oxygen atoms in total. The van der Waals surface area contributed by atoms with Crippen LogP contribution >= 0.6 is 0 Å². The Kier molecular flexibility index (Phi) is 2.64. The van der Waals surface area contributed by atoms with E-state index in [4.69, 9.17) is 0 Å². The Morgan fingerprint density at radius 3 is 3.46 bits per heavy atom. The lowest BCUT2D eigenvalue weighted by atomic mass is 9.96. The highest BCUT2D eigenvalue weighted by Gasteiger charge is 2.19. The molecule has 2 rings (SSSR count). The van der Waals surface area contributed by atoms with Crippen LogP contribution in [-0.2, 0) is 6.54 Å². The number of nitrogens with one attached hydrogen (secondary N) is 1. The summed E-state index contributed by atoms with van der Waals surface area (Å²) in [6.45, 7) is 5.46. The molecule has 13 heavy (non-hydrogen) atoms. The standard InChI is InChI=1S/C10H17N3/c1-2-11-6-9-4-3-5-13-8-12-7-10(9)13/h7-9,11H,2-6H2,1H3. The minimum absolute atomic E-state index is 0.677. The first kappa shape index (κ1) is 8.75. The lowest BCUT2D eigenvalue weighted by Gasteiger charge is -2.24. The molecule has 3 heteroatoms. The van der Waals surface area contributed by atoms with Crippen molar-refractivity contribution in [3.63, 3.8) is 0 Å². The van der Waals surface area contributed by atoms with Gasteiger partial charge in [0.25, 0.3) is 0 Å². The highest BCUT2D eigenvalue weighted by atomic mass is 15.1. The molecule has 0 aromatic carbocycles. The summed E-state index contributed by atoms with van der Waals surface area (Å²) < 4.78 is 2.28. The fourth-order valence-corrected chi connectivity index (χ4v) is 2.04. The van der Waals surface area contributed by atoms with Crippen LogP contribution in [0.5, 0.6) is 0 Å². The molecule has 0 radical (unpaired) electrons. The molecule has 0 spiro atoms. The third-order valence-electron chi connectivity index (χ3n) is 2.76. The van der Waals surface area contributed by atoms with Gasteiger partial charge in [-0.1, -0.05) is 6.92 Å². The van der Waals surface area contributed by atoms with Crippen LogP contribution in [0, 0.1) is 0 Å². The first-order chi connectivity index (χ1) is 6.42. The Morgan fingerprint density at radius 1 is 1.69 bits per heavy atom. The molecule has 0 saturated carbocycles. The zero-order valence-corrected chi connectivity index (χ0v) is 8.16. The number of likely N-dealkylation sites (N-methyl/N-ethyl adjacent to an activating group) is 1. The molecule has 1 aromatic rings. The van der Waals surface area contributed by atoms with E-state index in [1.165, 1.54) is 18.5 Å². The summed E-state index contributed by atoms with van der Waals surface area (Å²) >= 11 is 0. The predicted octanol–water partition coefficient (Wildman–Crippen LogP) is 1.37. The Labute approximate surface area is 79.2 Å². The first-order valence-corrected chi connectivity index (χ1v) is 5.12. The van der Waals surface area contributed by atoms with Gasteiger partial charge in [-0.3, -0.25) is 0 Å². The van der Waals surface area contributed by atoms with Crippen molar-refractivity contribution in [2.24, 2.45) is 0 Å². The average molecular weight is 179 g/mol. The lowest BCUT2D eigenvalue weighted by Crippen LogP contribution is -2.25. The Morgan fingerprint density at radius 2 is 2.62 bits per heavy atom. The van der Waals surface area contributed by atoms with Crippen LogP contribution in [0.15, 0.2) is 12.5 Å². The highest BCUT2D eigenvalue weighted by molar-refractivity contribution is 5.09. The van der Waals surface area contributed by atoms with Gasteiger partial charge in [-0.25, -0.2) is 4.98 Å². The number of imidazole rings is 1. The molecular weight excluding hydrogens is 162 g/mol. The molecule has 0 amide bonds. The zero-order valence-electron chi connectivity index (χ0n) is 8.16. The predicted molar refractivity (Wildman–Crippen MR) is 52.7 cm³/mol. The number of hydrogen-bond acceptors (Lipinski definition) is 2. The van der Waals surface area contributed by atoms with Crippen molar-refractivity contribution in [2.45, 2.75) is 32.2 Å². The van der Waals surface area contributed by atoms with Crippen molar-refractivity contribution in [2.75, 3.05) is 13.1 Å². The molecule has 1 unspecified atom stereocenters. The molecule has 2 heterocycles. The third-order valence-corrected chi connectivity index (χ3v) is 2.76. The van der Waals surface area contributed by atoms with E-state index in [0.717, 1.165) is 19.6 Å². The van der Waals surface area contributed by atoms with Crippen LogP contribution in [0.2, 0.25) is 0 Å². The van der Waals surface area contributed by atoms with E-state index in [1.54, 1.807) is 0 Å². The molecule has 0 fully saturated rings.